The van der Waals surface area contributed by atoms with Crippen molar-refractivity contribution in [2.75, 3.05) is 5.32 Å². The van der Waals surface area contributed by atoms with E-state index < -0.39 is 24.4 Å². The van der Waals surface area contributed by atoms with E-state index in [1.54, 1.807) is 6.07 Å². The summed E-state index contributed by atoms with van der Waals surface area (Å²) < 4.78 is 43.4. The van der Waals surface area contributed by atoms with E-state index in [9.17, 15) is 18.0 Å². The third-order valence-corrected chi connectivity index (χ3v) is 4.31. The van der Waals surface area contributed by atoms with Gasteiger partial charge in [-0.15, -0.1) is 0 Å². The number of hydrogen-bond donors (Lipinski definition) is 2. The molecule has 29 heavy (non-hydrogen) atoms. The lowest BCUT2D eigenvalue weighted by molar-refractivity contribution is -0.118. The molecule has 0 aliphatic carbocycles. The van der Waals surface area contributed by atoms with Crippen LogP contribution in [0.3, 0.4) is 0 Å². The maximum absolute atomic E-state index is 13.2. The molecule has 0 radical (unpaired) electrons. The zero-order chi connectivity index (χ0) is 20.8. The number of rotatable bonds is 8. The quantitative estimate of drug-likeness (QED) is 0.578. The van der Waals surface area contributed by atoms with Gasteiger partial charge in [0, 0.05) is 17.7 Å². The monoisotopic (exact) mass is 400 g/mol. The van der Waals surface area contributed by atoms with Gasteiger partial charge in [0.2, 0.25) is 5.91 Å². The Hall–Kier alpha value is -3.48. The first-order valence-electron chi connectivity index (χ1n) is 8.85. The summed E-state index contributed by atoms with van der Waals surface area (Å²) in [5.41, 5.74) is 7.90. The first kappa shape index (κ1) is 20.3. The van der Waals surface area contributed by atoms with Crippen LogP contribution in [0.25, 0.3) is 0 Å². The van der Waals surface area contributed by atoms with Gasteiger partial charge in [0.25, 0.3) is 0 Å². The van der Waals surface area contributed by atoms with Gasteiger partial charge >= 0.3 is 6.61 Å². The Kier molecular flexibility index (Phi) is 6.39. The molecule has 0 bridgehead atoms. The van der Waals surface area contributed by atoms with Crippen molar-refractivity contribution in [3.63, 3.8) is 0 Å². The van der Waals surface area contributed by atoms with Crippen molar-refractivity contribution >= 4 is 11.6 Å². The Labute approximate surface area is 166 Å². The highest BCUT2D eigenvalue weighted by molar-refractivity contribution is 5.84. The van der Waals surface area contributed by atoms with Crippen molar-refractivity contribution in [2.45, 2.75) is 19.1 Å². The van der Waals surface area contributed by atoms with Crippen LogP contribution in [0.5, 0.6) is 5.75 Å². The number of alkyl halides is 2. The summed E-state index contributed by atoms with van der Waals surface area (Å²) in [7, 11) is 0. The van der Waals surface area contributed by atoms with E-state index in [4.69, 9.17) is 5.73 Å². The molecule has 3 aromatic rings. The summed E-state index contributed by atoms with van der Waals surface area (Å²) >= 11 is 0. The van der Waals surface area contributed by atoms with Crippen LogP contribution >= 0.6 is 0 Å². The molecule has 150 valence electrons. The topological polar surface area (TPSA) is 64.4 Å². The van der Waals surface area contributed by atoms with Gasteiger partial charge in [0.1, 0.15) is 17.6 Å². The molecule has 0 aliphatic rings. The van der Waals surface area contributed by atoms with Crippen molar-refractivity contribution in [3.8, 4) is 5.75 Å². The fourth-order valence-corrected chi connectivity index (χ4v) is 2.97. The molecule has 0 aromatic heterocycles. The highest BCUT2D eigenvalue weighted by atomic mass is 19.3. The number of halogens is 3. The highest BCUT2D eigenvalue weighted by Gasteiger charge is 2.19. The molecule has 1 unspecified atom stereocenters. The van der Waals surface area contributed by atoms with Gasteiger partial charge in [0.05, 0.1) is 0 Å². The maximum atomic E-state index is 13.2. The zero-order valence-corrected chi connectivity index (χ0v) is 15.3. The number of anilines is 1. The highest BCUT2D eigenvalue weighted by Crippen LogP contribution is 2.29. The zero-order valence-electron chi connectivity index (χ0n) is 15.3. The first-order valence-corrected chi connectivity index (χ1v) is 8.85. The predicted molar refractivity (Wildman–Crippen MR) is 104 cm³/mol. The number of carbonyl (C=O) groups excluding carboxylic acids is 1. The van der Waals surface area contributed by atoms with Crippen LogP contribution in [0.4, 0.5) is 18.9 Å². The molecule has 0 heterocycles. The van der Waals surface area contributed by atoms with Crippen molar-refractivity contribution in [3.05, 3.63) is 95.3 Å². The van der Waals surface area contributed by atoms with E-state index in [2.05, 4.69) is 10.1 Å². The van der Waals surface area contributed by atoms with Gasteiger partial charge in [-0.3, -0.25) is 4.79 Å². The number of nitrogens with two attached hydrogens (primary N) is 1. The summed E-state index contributed by atoms with van der Waals surface area (Å²) in [5.74, 6) is -1.04. The maximum Gasteiger partial charge on any atom is 0.387 e. The number of benzene rings is 3. The fraction of sp³-hybridized carbons (Fsp3) is 0.136. The minimum atomic E-state index is -2.96. The summed E-state index contributed by atoms with van der Waals surface area (Å²) in [6.45, 7) is -2.96. The molecular formula is C22H19F3N2O2. The standard InChI is InChI=1S/C22H19F3N2O2/c23-17-8-6-15(7-9-17)20(21(26)28)27-18-10-11-19(29-22(24)25)16(13-18)12-14-4-2-1-3-5-14/h1-11,13,20,22,27H,12H2,(H2,26,28). The molecule has 3 N–H and O–H groups in total. The van der Waals surface area contributed by atoms with E-state index in [1.807, 2.05) is 30.3 Å². The van der Waals surface area contributed by atoms with Crippen LogP contribution in [0.1, 0.15) is 22.7 Å². The van der Waals surface area contributed by atoms with Gasteiger partial charge in [-0.2, -0.15) is 8.78 Å². The lowest BCUT2D eigenvalue weighted by Gasteiger charge is -2.19. The second-order valence-corrected chi connectivity index (χ2v) is 6.39. The average molecular weight is 400 g/mol. The first-order chi connectivity index (χ1) is 13.9. The number of amides is 1. The lowest BCUT2D eigenvalue weighted by atomic mass is 10.0. The van der Waals surface area contributed by atoms with Crippen LogP contribution in [-0.4, -0.2) is 12.5 Å². The third-order valence-electron chi connectivity index (χ3n) is 4.31. The Morgan fingerprint density at radius 2 is 1.69 bits per heavy atom. The van der Waals surface area contributed by atoms with Gasteiger partial charge in [-0.25, -0.2) is 4.39 Å². The van der Waals surface area contributed by atoms with E-state index >= 15 is 0 Å². The Bertz CT molecular complexity index is 964. The summed E-state index contributed by atoms with van der Waals surface area (Å²) in [6, 6.07) is 18.3. The molecular weight excluding hydrogens is 381 g/mol. The molecule has 0 fully saturated rings. The largest absolute Gasteiger partial charge is 0.435 e. The van der Waals surface area contributed by atoms with Gasteiger partial charge in [-0.05, 0) is 41.5 Å². The smallest absolute Gasteiger partial charge is 0.387 e. The predicted octanol–water partition coefficient (Wildman–Crippen LogP) is 4.66. The molecule has 0 saturated heterocycles. The van der Waals surface area contributed by atoms with Gasteiger partial charge in [0.15, 0.2) is 0 Å². The van der Waals surface area contributed by atoms with E-state index in [0.717, 1.165) is 5.56 Å². The summed E-state index contributed by atoms with van der Waals surface area (Å²) in [6.07, 6.45) is 0.357. The normalized spacial score (nSPS) is 11.9. The van der Waals surface area contributed by atoms with Gasteiger partial charge < -0.3 is 15.8 Å². The van der Waals surface area contributed by atoms with Crippen molar-refractivity contribution < 1.29 is 22.7 Å². The van der Waals surface area contributed by atoms with E-state index in [-0.39, 0.29) is 5.75 Å². The van der Waals surface area contributed by atoms with Crippen molar-refractivity contribution in [1.29, 1.82) is 0 Å². The summed E-state index contributed by atoms with van der Waals surface area (Å²) in [5, 5.41) is 2.98. The number of ether oxygens (including phenoxy) is 1. The van der Waals surface area contributed by atoms with Crippen LogP contribution in [0.2, 0.25) is 0 Å². The van der Waals surface area contributed by atoms with E-state index in [1.165, 1.54) is 36.4 Å². The average Bonchev–Trinajstić information content (AvgIpc) is 2.69. The Morgan fingerprint density at radius 3 is 2.31 bits per heavy atom. The number of nitrogens with one attached hydrogen (secondary N) is 1. The molecule has 0 aliphatic heterocycles. The van der Waals surface area contributed by atoms with Crippen LogP contribution in [-0.2, 0) is 11.2 Å². The van der Waals surface area contributed by atoms with Crippen molar-refractivity contribution in [2.24, 2.45) is 5.73 Å². The fourth-order valence-electron chi connectivity index (χ4n) is 2.97. The second-order valence-electron chi connectivity index (χ2n) is 6.39. The summed E-state index contributed by atoms with van der Waals surface area (Å²) in [4.78, 5) is 11.9. The van der Waals surface area contributed by atoms with Crippen LogP contribution < -0.4 is 15.8 Å². The number of primary amides is 1. The molecule has 1 atom stereocenters. The van der Waals surface area contributed by atoms with Gasteiger partial charge in [-0.1, -0.05) is 42.5 Å². The SMILES string of the molecule is NC(=O)C(Nc1ccc(OC(F)F)c(Cc2ccccc2)c1)c1ccc(F)cc1. The minimum absolute atomic E-state index is 0.0480. The van der Waals surface area contributed by atoms with E-state index in [0.29, 0.717) is 23.2 Å². The molecule has 0 spiro atoms. The molecule has 4 nitrogen and oxygen atoms in total. The Morgan fingerprint density at radius 1 is 1.00 bits per heavy atom. The molecule has 1 amide bonds. The molecule has 0 saturated carbocycles. The van der Waals surface area contributed by atoms with Crippen LogP contribution in [0, 0.1) is 5.82 Å². The molecule has 7 heteroatoms. The Balaban J connectivity index is 1.90. The minimum Gasteiger partial charge on any atom is -0.435 e. The third kappa shape index (κ3) is 5.51. The molecule has 3 aromatic carbocycles. The van der Waals surface area contributed by atoms with Crippen LogP contribution in [0.15, 0.2) is 72.8 Å². The van der Waals surface area contributed by atoms with Crippen molar-refractivity contribution in [1.82, 2.24) is 0 Å². The second kappa shape index (κ2) is 9.14. The molecule has 3 rings (SSSR count). The number of hydrogen-bond acceptors (Lipinski definition) is 3. The lowest BCUT2D eigenvalue weighted by Crippen LogP contribution is -2.27. The number of carbonyl (C=O) groups is 1.